The Labute approximate surface area is 137 Å². The number of benzene rings is 1. The molecule has 1 fully saturated rings. The maximum absolute atomic E-state index is 12.0. The zero-order chi connectivity index (χ0) is 16.1. The van der Waals surface area contributed by atoms with E-state index in [1.54, 1.807) is 0 Å². The molecule has 0 spiro atoms. The minimum atomic E-state index is 0.0115. The summed E-state index contributed by atoms with van der Waals surface area (Å²) in [5, 5.41) is 3.13. The number of carbonyl (C=O) groups is 1. The quantitative estimate of drug-likeness (QED) is 0.845. The molecular weight excluding hydrogens is 292 g/mol. The summed E-state index contributed by atoms with van der Waals surface area (Å²) >= 11 is 0. The number of nitrogens with one attached hydrogen (secondary N) is 1. The Morgan fingerprint density at radius 1 is 1.17 bits per heavy atom. The molecular formula is C18H26N2O3. The second kappa shape index (κ2) is 7.21. The van der Waals surface area contributed by atoms with E-state index in [0.29, 0.717) is 26.3 Å². The predicted molar refractivity (Wildman–Crippen MR) is 88.6 cm³/mol. The van der Waals surface area contributed by atoms with Crippen LogP contribution < -0.4 is 20.5 Å². The molecule has 2 aliphatic rings. The maximum Gasteiger partial charge on any atom is 0.231 e. The predicted octanol–water partition coefficient (Wildman–Crippen LogP) is 2.47. The van der Waals surface area contributed by atoms with Gasteiger partial charge in [0, 0.05) is 18.4 Å². The second-order valence-corrected chi connectivity index (χ2v) is 6.58. The Kier molecular flexibility index (Phi) is 5.06. The molecule has 0 saturated heterocycles. The van der Waals surface area contributed by atoms with E-state index in [4.69, 9.17) is 15.2 Å². The van der Waals surface area contributed by atoms with Crippen LogP contribution in [0, 0.1) is 0 Å². The fourth-order valence-electron chi connectivity index (χ4n) is 3.64. The van der Waals surface area contributed by atoms with Gasteiger partial charge in [0.15, 0.2) is 11.5 Å². The summed E-state index contributed by atoms with van der Waals surface area (Å²) in [4.78, 5) is 12.0. The number of amides is 1. The van der Waals surface area contributed by atoms with Crippen molar-refractivity contribution >= 4 is 5.91 Å². The molecule has 3 N–H and O–H groups in total. The average Bonchev–Trinajstić information content (AvgIpc) is 3.06. The summed E-state index contributed by atoms with van der Waals surface area (Å²) in [5.41, 5.74) is 6.74. The summed E-state index contributed by atoms with van der Waals surface area (Å²) in [5.74, 6) is 1.73. The maximum atomic E-state index is 12.0. The zero-order valence-corrected chi connectivity index (χ0v) is 13.6. The third-order valence-corrected chi connectivity index (χ3v) is 5.03. The van der Waals surface area contributed by atoms with E-state index in [2.05, 4.69) is 17.4 Å². The highest BCUT2D eigenvalue weighted by molar-refractivity contribution is 5.76. The van der Waals surface area contributed by atoms with Crippen molar-refractivity contribution in [2.24, 2.45) is 5.73 Å². The largest absolute Gasteiger partial charge is 0.454 e. The molecule has 0 bridgehead atoms. The van der Waals surface area contributed by atoms with Crippen LogP contribution in [-0.2, 0) is 10.2 Å². The fourth-order valence-corrected chi connectivity index (χ4v) is 3.64. The van der Waals surface area contributed by atoms with Gasteiger partial charge in [0.05, 0.1) is 0 Å². The lowest BCUT2D eigenvalue weighted by atomic mass is 9.69. The molecule has 1 aromatic rings. The van der Waals surface area contributed by atoms with Gasteiger partial charge in [0.25, 0.3) is 0 Å². The Hall–Kier alpha value is -1.75. The van der Waals surface area contributed by atoms with Crippen LogP contribution in [0.5, 0.6) is 11.5 Å². The van der Waals surface area contributed by atoms with E-state index >= 15 is 0 Å². The Morgan fingerprint density at radius 3 is 2.74 bits per heavy atom. The van der Waals surface area contributed by atoms with Gasteiger partial charge in [-0.05, 0) is 43.5 Å². The molecule has 0 unspecified atom stereocenters. The first-order chi connectivity index (χ1) is 11.2. The van der Waals surface area contributed by atoms with E-state index in [0.717, 1.165) is 30.8 Å². The van der Waals surface area contributed by atoms with Crippen LogP contribution in [0.4, 0.5) is 0 Å². The molecule has 0 radical (unpaired) electrons. The van der Waals surface area contributed by atoms with Crippen molar-refractivity contribution in [1.29, 1.82) is 0 Å². The molecule has 1 aromatic carbocycles. The highest BCUT2D eigenvalue weighted by Crippen LogP contribution is 2.43. The first-order valence-corrected chi connectivity index (χ1v) is 8.60. The minimum Gasteiger partial charge on any atom is -0.454 e. The van der Waals surface area contributed by atoms with Gasteiger partial charge >= 0.3 is 0 Å². The second-order valence-electron chi connectivity index (χ2n) is 6.58. The molecule has 5 nitrogen and oxygen atoms in total. The number of nitrogens with two attached hydrogens (primary N) is 1. The van der Waals surface area contributed by atoms with Crippen molar-refractivity contribution in [3.05, 3.63) is 23.8 Å². The van der Waals surface area contributed by atoms with Crippen LogP contribution >= 0.6 is 0 Å². The Balaban J connectivity index is 1.75. The average molecular weight is 318 g/mol. The molecule has 0 aromatic heterocycles. The third kappa shape index (κ3) is 3.61. The molecule has 23 heavy (non-hydrogen) atoms. The van der Waals surface area contributed by atoms with Gasteiger partial charge in [0.2, 0.25) is 12.7 Å². The number of carbonyl (C=O) groups excluding carboxylic acids is 1. The standard InChI is InChI=1S/C18H26N2O3/c19-10-4-5-17(21)20-12-18(8-2-1-3-9-18)14-6-7-15-16(11-14)23-13-22-15/h6-7,11H,1-5,8-10,12-13,19H2,(H,20,21). The van der Waals surface area contributed by atoms with Crippen molar-refractivity contribution in [3.63, 3.8) is 0 Å². The number of hydrogen-bond acceptors (Lipinski definition) is 4. The van der Waals surface area contributed by atoms with Crippen molar-refractivity contribution in [3.8, 4) is 11.5 Å². The third-order valence-electron chi connectivity index (χ3n) is 5.03. The molecule has 5 heteroatoms. The Bertz CT molecular complexity index is 553. The zero-order valence-electron chi connectivity index (χ0n) is 13.6. The number of ether oxygens (including phenoxy) is 2. The smallest absolute Gasteiger partial charge is 0.231 e. The topological polar surface area (TPSA) is 73.6 Å². The van der Waals surface area contributed by atoms with Crippen molar-refractivity contribution in [2.75, 3.05) is 19.9 Å². The van der Waals surface area contributed by atoms with E-state index in [1.165, 1.54) is 24.8 Å². The van der Waals surface area contributed by atoms with Crippen molar-refractivity contribution < 1.29 is 14.3 Å². The summed E-state index contributed by atoms with van der Waals surface area (Å²) < 4.78 is 10.9. The van der Waals surface area contributed by atoms with E-state index in [-0.39, 0.29) is 11.3 Å². The SMILES string of the molecule is NCCCC(=O)NCC1(c2ccc3c(c2)OCO3)CCCCC1. The fraction of sp³-hybridized carbons (Fsp3) is 0.611. The van der Waals surface area contributed by atoms with Crippen LogP contribution in [0.2, 0.25) is 0 Å². The molecule has 1 amide bonds. The molecule has 3 rings (SSSR count). The number of hydrogen-bond donors (Lipinski definition) is 2. The van der Waals surface area contributed by atoms with Gasteiger partial charge in [-0.3, -0.25) is 4.79 Å². The van der Waals surface area contributed by atoms with Crippen LogP contribution in [0.25, 0.3) is 0 Å². The van der Waals surface area contributed by atoms with Crippen LogP contribution in [0.15, 0.2) is 18.2 Å². The van der Waals surface area contributed by atoms with Gasteiger partial charge in [-0.25, -0.2) is 0 Å². The van der Waals surface area contributed by atoms with Gasteiger partial charge in [0.1, 0.15) is 0 Å². The van der Waals surface area contributed by atoms with Gasteiger partial charge < -0.3 is 20.5 Å². The lowest BCUT2D eigenvalue weighted by molar-refractivity contribution is -0.121. The summed E-state index contributed by atoms with van der Waals surface area (Å²) in [7, 11) is 0. The van der Waals surface area contributed by atoms with Crippen molar-refractivity contribution in [1.82, 2.24) is 5.32 Å². The Morgan fingerprint density at radius 2 is 1.96 bits per heavy atom. The monoisotopic (exact) mass is 318 g/mol. The lowest BCUT2D eigenvalue weighted by Crippen LogP contribution is -2.42. The van der Waals surface area contributed by atoms with Gasteiger partial charge in [-0.15, -0.1) is 0 Å². The highest BCUT2D eigenvalue weighted by atomic mass is 16.7. The van der Waals surface area contributed by atoms with E-state index in [1.807, 2.05) is 6.07 Å². The minimum absolute atomic E-state index is 0.0115. The van der Waals surface area contributed by atoms with Gasteiger partial charge in [-0.1, -0.05) is 25.3 Å². The van der Waals surface area contributed by atoms with E-state index in [9.17, 15) is 4.79 Å². The number of rotatable bonds is 6. The van der Waals surface area contributed by atoms with Crippen LogP contribution in [0.3, 0.4) is 0 Å². The van der Waals surface area contributed by atoms with Crippen LogP contribution in [0.1, 0.15) is 50.5 Å². The normalized spacial score (nSPS) is 18.7. The molecule has 126 valence electrons. The van der Waals surface area contributed by atoms with Gasteiger partial charge in [-0.2, -0.15) is 0 Å². The molecule has 1 heterocycles. The summed E-state index contributed by atoms with van der Waals surface area (Å²) in [6.07, 6.45) is 7.12. The number of fused-ring (bicyclic) bond motifs is 1. The highest BCUT2D eigenvalue weighted by Gasteiger charge is 2.35. The van der Waals surface area contributed by atoms with Crippen LogP contribution in [-0.4, -0.2) is 25.8 Å². The summed E-state index contributed by atoms with van der Waals surface area (Å²) in [6.45, 7) is 1.54. The first-order valence-electron chi connectivity index (χ1n) is 8.60. The van der Waals surface area contributed by atoms with E-state index < -0.39 is 0 Å². The molecule has 1 saturated carbocycles. The molecule has 0 atom stereocenters. The van der Waals surface area contributed by atoms with Crippen molar-refractivity contribution in [2.45, 2.75) is 50.4 Å². The molecule has 1 aliphatic carbocycles. The molecule has 1 aliphatic heterocycles. The first kappa shape index (κ1) is 16.1. The summed E-state index contributed by atoms with van der Waals surface area (Å²) in [6, 6.07) is 6.22. The lowest BCUT2D eigenvalue weighted by Gasteiger charge is -2.38.